The molecule has 152 valence electrons. The van der Waals surface area contributed by atoms with Crippen LogP contribution in [0.25, 0.3) is 0 Å². The number of benzene rings is 2. The van der Waals surface area contributed by atoms with Crippen molar-refractivity contribution in [2.45, 2.75) is 26.7 Å². The van der Waals surface area contributed by atoms with Gasteiger partial charge in [-0.25, -0.2) is 0 Å². The molecule has 0 aliphatic heterocycles. The van der Waals surface area contributed by atoms with Crippen molar-refractivity contribution < 1.29 is 14.3 Å². The Labute approximate surface area is 172 Å². The lowest BCUT2D eigenvalue weighted by molar-refractivity contribution is -0.112. The second kappa shape index (κ2) is 11.4. The summed E-state index contributed by atoms with van der Waals surface area (Å²) in [6.07, 6.45) is 3.03. The van der Waals surface area contributed by atoms with Crippen LogP contribution in [-0.4, -0.2) is 26.2 Å². The minimum absolute atomic E-state index is 0.0161. The van der Waals surface area contributed by atoms with Gasteiger partial charge in [-0.1, -0.05) is 32.0 Å². The van der Waals surface area contributed by atoms with Gasteiger partial charge >= 0.3 is 0 Å². The molecule has 0 saturated heterocycles. The van der Waals surface area contributed by atoms with Gasteiger partial charge in [0.05, 0.1) is 7.11 Å². The number of ether oxygens (including phenoxy) is 2. The molecule has 0 saturated carbocycles. The van der Waals surface area contributed by atoms with E-state index in [0.29, 0.717) is 13.2 Å². The van der Waals surface area contributed by atoms with E-state index in [0.717, 1.165) is 41.2 Å². The van der Waals surface area contributed by atoms with Crippen molar-refractivity contribution in [2.75, 3.05) is 25.6 Å². The van der Waals surface area contributed by atoms with Crippen LogP contribution < -0.4 is 20.1 Å². The highest BCUT2D eigenvalue weighted by molar-refractivity contribution is 6.07. The Bertz CT molecular complexity index is 861. The SMILES string of the molecule is CCc1cccc(CC)c1NC(=O)/C(C#N)=C\NCCOc1ccc(OC)cc1. The maximum atomic E-state index is 12.5. The number of carbonyl (C=O) groups is 1. The summed E-state index contributed by atoms with van der Waals surface area (Å²) in [5.74, 6) is 1.06. The average Bonchev–Trinajstić information content (AvgIpc) is 2.76. The van der Waals surface area contributed by atoms with E-state index in [1.165, 1.54) is 6.20 Å². The maximum absolute atomic E-state index is 12.5. The van der Waals surface area contributed by atoms with Crippen molar-refractivity contribution in [3.8, 4) is 17.6 Å². The third kappa shape index (κ3) is 6.28. The lowest BCUT2D eigenvalue weighted by atomic mass is 10.0. The van der Waals surface area contributed by atoms with Crippen LogP contribution in [0, 0.1) is 11.3 Å². The average molecular weight is 393 g/mol. The van der Waals surface area contributed by atoms with E-state index >= 15 is 0 Å². The monoisotopic (exact) mass is 393 g/mol. The van der Waals surface area contributed by atoms with Gasteiger partial charge in [-0.3, -0.25) is 4.79 Å². The number of para-hydroxylation sites is 1. The molecule has 0 unspecified atom stereocenters. The molecule has 0 spiro atoms. The van der Waals surface area contributed by atoms with Gasteiger partial charge in [-0.05, 0) is 48.2 Å². The molecule has 2 aromatic carbocycles. The largest absolute Gasteiger partial charge is 0.497 e. The van der Waals surface area contributed by atoms with E-state index in [1.54, 1.807) is 7.11 Å². The summed E-state index contributed by atoms with van der Waals surface area (Å²) in [5.41, 5.74) is 2.92. The number of aryl methyl sites for hydroxylation is 2. The lowest BCUT2D eigenvalue weighted by Gasteiger charge is -2.14. The summed E-state index contributed by atoms with van der Waals surface area (Å²) in [6, 6.07) is 15.2. The van der Waals surface area contributed by atoms with E-state index in [9.17, 15) is 10.1 Å². The van der Waals surface area contributed by atoms with Crippen LogP contribution in [0.5, 0.6) is 11.5 Å². The molecule has 2 N–H and O–H groups in total. The predicted molar refractivity (Wildman–Crippen MR) is 114 cm³/mol. The number of nitriles is 1. The second-order valence-corrected chi connectivity index (χ2v) is 6.26. The van der Waals surface area contributed by atoms with E-state index in [4.69, 9.17) is 9.47 Å². The van der Waals surface area contributed by atoms with E-state index in [2.05, 4.69) is 10.6 Å². The van der Waals surface area contributed by atoms with Gasteiger partial charge in [0.1, 0.15) is 29.7 Å². The van der Waals surface area contributed by atoms with Gasteiger partial charge in [-0.2, -0.15) is 5.26 Å². The Morgan fingerprint density at radius 1 is 1.07 bits per heavy atom. The van der Waals surface area contributed by atoms with Crippen LogP contribution in [0.3, 0.4) is 0 Å². The fourth-order valence-electron chi connectivity index (χ4n) is 2.81. The first kappa shape index (κ1) is 21.8. The third-order valence-corrected chi connectivity index (χ3v) is 4.42. The Balaban J connectivity index is 1.90. The summed E-state index contributed by atoms with van der Waals surface area (Å²) >= 11 is 0. The van der Waals surface area contributed by atoms with Crippen molar-refractivity contribution in [1.29, 1.82) is 5.26 Å². The zero-order valence-electron chi connectivity index (χ0n) is 17.1. The minimum Gasteiger partial charge on any atom is -0.497 e. The Morgan fingerprint density at radius 2 is 1.69 bits per heavy atom. The molecule has 0 atom stereocenters. The van der Waals surface area contributed by atoms with Crippen LogP contribution in [0.15, 0.2) is 54.2 Å². The number of nitrogens with one attached hydrogen (secondary N) is 2. The number of carbonyl (C=O) groups excluding carboxylic acids is 1. The van der Waals surface area contributed by atoms with Crippen LogP contribution in [0.1, 0.15) is 25.0 Å². The van der Waals surface area contributed by atoms with Crippen LogP contribution in [-0.2, 0) is 17.6 Å². The van der Waals surface area contributed by atoms with Crippen molar-refractivity contribution in [3.63, 3.8) is 0 Å². The van der Waals surface area contributed by atoms with Crippen LogP contribution in [0.2, 0.25) is 0 Å². The first-order valence-electron chi connectivity index (χ1n) is 9.65. The van der Waals surface area contributed by atoms with E-state index in [1.807, 2.05) is 62.4 Å². The minimum atomic E-state index is -0.424. The van der Waals surface area contributed by atoms with Gasteiger partial charge in [0.2, 0.25) is 0 Å². The second-order valence-electron chi connectivity index (χ2n) is 6.26. The molecular weight excluding hydrogens is 366 g/mol. The molecule has 0 bridgehead atoms. The normalized spacial score (nSPS) is 10.8. The van der Waals surface area contributed by atoms with Crippen LogP contribution >= 0.6 is 0 Å². The van der Waals surface area contributed by atoms with Gasteiger partial charge < -0.3 is 20.1 Å². The number of rotatable bonds is 10. The molecule has 0 heterocycles. The quantitative estimate of drug-likeness (QED) is 0.364. The van der Waals surface area contributed by atoms with Crippen LogP contribution in [0.4, 0.5) is 5.69 Å². The zero-order chi connectivity index (χ0) is 21.1. The number of methoxy groups -OCH3 is 1. The Morgan fingerprint density at radius 3 is 2.24 bits per heavy atom. The standard InChI is InChI=1S/C23H27N3O3/c1-4-17-7-6-8-18(5-2)22(17)26-23(27)19(15-24)16-25-13-14-29-21-11-9-20(28-3)10-12-21/h6-12,16,25H,4-5,13-14H2,1-3H3,(H,26,27)/b19-16-. The van der Waals surface area contributed by atoms with E-state index < -0.39 is 5.91 Å². The van der Waals surface area contributed by atoms with Gasteiger partial charge in [0.15, 0.2) is 0 Å². The highest BCUT2D eigenvalue weighted by atomic mass is 16.5. The Kier molecular flexibility index (Phi) is 8.58. The number of anilines is 1. The molecule has 0 radical (unpaired) electrons. The molecule has 0 fully saturated rings. The summed E-state index contributed by atoms with van der Waals surface area (Å²) in [7, 11) is 1.61. The van der Waals surface area contributed by atoms with Crippen molar-refractivity contribution in [2.24, 2.45) is 0 Å². The van der Waals surface area contributed by atoms with Crippen molar-refractivity contribution >= 4 is 11.6 Å². The fraction of sp³-hybridized carbons (Fsp3) is 0.304. The third-order valence-electron chi connectivity index (χ3n) is 4.42. The topological polar surface area (TPSA) is 83.4 Å². The Hall–Kier alpha value is -3.46. The molecule has 6 nitrogen and oxygen atoms in total. The first-order valence-corrected chi connectivity index (χ1v) is 9.65. The molecule has 0 aliphatic carbocycles. The zero-order valence-corrected chi connectivity index (χ0v) is 17.1. The molecule has 2 aromatic rings. The van der Waals surface area contributed by atoms with Crippen molar-refractivity contribution in [1.82, 2.24) is 5.32 Å². The fourth-order valence-corrected chi connectivity index (χ4v) is 2.81. The first-order chi connectivity index (χ1) is 14.1. The van der Waals surface area contributed by atoms with Crippen molar-refractivity contribution in [3.05, 3.63) is 65.4 Å². The molecule has 0 aromatic heterocycles. The highest BCUT2D eigenvalue weighted by Crippen LogP contribution is 2.23. The molecule has 29 heavy (non-hydrogen) atoms. The number of hydrogen-bond acceptors (Lipinski definition) is 5. The van der Waals surface area contributed by atoms with Gasteiger partial charge in [-0.15, -0.1) is 0 Å². The summed E-state index contributed by atoms with van der Waals surface area (Å²) in [4.78, 5) is 12.5. The number of nitrogens with zero attached hydrogens (tertiary/aromatic N) is 1. The molecule has 6 heteroatoms. The predicted octanol–water partition coefficient (Wildman–Crippen LogP) is 3.83. The van der Waals surface area contributed by atoms with Gasteiger partial charge in [0.25, 0.3) is 5.91 Å². The summed E-state index contributed by atoms with van der Waals surface area (Å²) in [6.45, 7) is 4.92. The lowest BCUT2D eigenvalue weighted by Crippen LogP contribution is -2.21. The van der Waals surface area contributed by atoms with E-state index in [-0.39, 0.29) is 5.57 Å². The highest BCUT2D eigenvalue weighted by Gasteiger charge is 2.13. The smallest absolute Gasteiger partial charge is 0.267 e. The molecule has 2 rings (SSSR count). The molecular formula is C23H27N3O3. The van der Waals surface area contributed by atoms with Gasteiger partial charge in [0, 0.05) is 18.4 Å². The molecule has 0 aliphatic rings. The molecule has 1 amide bonds. The summed E-state index contributed by atoms with van der Waals surface area (Å²) < 4.78 is 10.7. The number of hydrogen-bond donors (Lipinski definition) is 2. The maximum Gasteiger partial charge on any atom is 0.267 e. The number of amides is 1. The summed E-state index contributed by atoms with van der Waals surface area (Å²) in [5, 5.41) is 15.2.